The summed E-state index contributed by atoms with van der Waals surface area (Å²) in [6.07, 6.45) is 6.32. The molecule has 4 rings (SSSR count). The maximum absolute atomic E-state index is 12.7. The van der Waals surface area contributed by atoms with Crippen LogP contribution in [-0.4, -0.2) is 10.4 Å². The minimum Gasteiger partial charge on any atom is -0.339 e. The average Bonchev–Trinajstić information content (AvgIpc) is 3.06. The number of carbonyl (C=O) groups excluding carboxylic acids is 1. The summed E-state index contributed by atoms with van der Waals surface area (Å²) in [5.41, 5.74) is 5.49. The summed E-state index contributed by atoms with van der Waals surface area (Å²) in [5.74, 6) is 0.132. The van der Waals surface area contributed by atoms with Crippen LogP contribution in [0, 0.1) is 13.8 Å². The zero-order valence-electron chi connectivity index (χ0n) is 15.7. The van der Waals surface area contributed by atoms with Gasteiger partial charge in [0.2, 0.25) is 0 Å². The van der Waals surface area contributed by atoms with E-state index in [1.807, 2.05) is 43.5 Å². The van der Waals surface area contributed by atoms with Gasteiger partial charge in [0.15, 0.2) is 24.7 Å². The number of aromatic nitrogens is 2. The van der Waals surface area contributed by atoms with Gasteiger partial charge in [0.25, 0.3) is 0 Å². The van der Waals surface area contributed by atoms with Gasteiger partial charge in [0.1, 0.15) is 0 Å². The molecule has 0 N–H and O–H groups in total. The maximum Gasteiger partial charge on any atom is 0.182 e. The smallest absolute Gasteiger partial charge is 0.182 e. The van der Waals surface area contributed by atoms with E-state index < -0.39 is 0 Å². The number of hydrogen-bond donors (Lipinski definition) is 0. The molecule has 0 radical (unpaired) electrons. The van der Waals surface area contributed by atoms with Crippen LogP contribution in [0.3, 0.4) is 0 Å². The number of nitrogens with zero attached hydrogens (tertiary/aromatic N) is 2. The van der Waals surface area contributed by atoms with E-state index in [0.717, 1.165) is 28.6 Å². The first-order valence-corrected chi connectivity index (χ1v) is 9.22. The van der Waals surface area contributed by atoms with E-state index in [1.165, 1.54) is 11.1 Å². The SMILES string of the molecule is Cc1ccc(C(=O)Cn2ccc3c[n+](Cc4ccccc4)cc(C)c32)cc1. The molecular weight excluding hydrogens is 332 g/mol. The van der Waals surface area contributed by atoms with Crippen molar-refractivity contribution in [3.8, 4) is 0 Å². The number of Topliss-reactive ketones (excluding diaryl/α,β-unsaturated/α-hetero) is 1. The summed E-state index contributed by atoms with van der Waals surface area (Å²) in [5, 5.41) is 1.16. The van der Waals surface area contributed by atoms with Gasteiger partial charge in [-0.3, -0.25) is 4.79 Å². The molecule has 0 amide bonds. The molecule has 0 aliphatic carbocycles. The van der Waals surface area contributed by atoms with Crippen LogP contribution in [0.5, 0.6) is 0 Å². The van der Waals surface area contributed by atoms with E-state index in [1.54, 1.807) is 0 Å². The molecule has 0 atom stereocenters. The lowest BCUT2D eigenvalue weighted by Crippen LogP contribution is -2.34. The molecule has 2 heterocycles. The fourth-order valence-electron chi connectivity index (χ4n) is 3.58. The van der Waals surface area contributed by atoms with Crippen molar-refractivity contribution in [3.05, 3.63) is 102 Å². The highest BCUT2D eigenvalue weighted by molar-refractivity contribution is 5.97. The number of fused-ring (bicyclic) bond motifs is 1. The Labute approximate surface area is 159 Å². The van der Waals surface area contributed by atoms with Gasteiger partial charge in [-0.15, -0.1) is 0 Å². The molecule has 0 aliphatic heterocycles. The number of carbonyl (C=O) groups is 1. The Hall–Kier alpha value is -3.20. The third-order valence-corrected chi connectivity index (χ3v) is 4.93. The van der Waals surface area contributed by atoms with Gasteiger partial charge in [-0.2, -0.15) is 4.57 Å². The first-order chi connectivity index (χ1) is 13.1. The number of hydrogen-bond acceptors (Lipinski definition) is 1. The lowest BCUT2D eigenvalue weighted by atomic mass is 10.1. The first kappa shape index (κ1) is 17.2. The fourth-order valence-corrected chi connectivity index (χ4v) is 3.58. The van der Waals surface area contributed by atoms with Crippen molar-refractivity contribution in [2.75, 3.05) is 0 Å². The Morgan fingerprint density at radius 2 is 1.67 bits per heavy atom. The zero-order chi connectivity index (χ0) is 18.8. The predicted molar refractivity (Wildman–Crippen MR) is 108 cm³/mol. The fraction of sp³-hybridized carbons (Fsp3) is 0.167. The third-order valence-electron chi connectivity index (χ3n) is 4.93. The van der Waals surface area contributed by atoms with Gasteiger partial charge in [-0.25, -0.2) is 0 Å². The number of rotatable bonds is 5. The van der Waals surface area contributed by atoms with Crippen LogP contribution in [0.2, 0.25) is 0 Å². The van der Waals surface area contributed by atoms with Crippen LogP contribution in [0.15, 0.2) is 79.3 Å². The molecule has 134 valence electrons. The number of ketones is 1. The molecule has 0 saturated heterocycles. The van der Waals surface area contributed by atoms with Gasteiger partial charge in [-0.05, 0) is 19.9 Å². The van der Waals surface area contributed by atoms with Crippen molar-refractivity contribution in [2.24, 2.45) is 0 Å². The van der Waals surface area contributed by atoms with Crippen molar-refractivity contribution >= 4 is 16.7 Å². The second kappa shape index (κ2) is 7.20. The summed E-state index contributed by atoms with van der Waals surface area (Å²) >= 11 is 0. The van der Waals surface area contributed by atoms with Crippen LogP contribution in [0.4, 0.5) is 0 Å². The third kappa shape index (κ3) is 3.68. The quantitative estimate of drug-likeness (QED) is 0.383. The predicted octanol–water partition coefficient (Wildman–Crippen LogP) is 4.48. The molecule has 0 saturated carbocycles. The second-order valence-electron chi connectivity index (χ2n) is 7.14. The van der Waals surface area contributed by atoms with Crippen LogP contribution >= 0.6 is 0 Å². The monoisotopic (exact) mass is 355 g/mol. The van der Waals surface area contributed by atoms with E-state index in [0.29, 0.717) is 6.54 Å². The second-order valence-corrected chi connectivity index (χ2v) is 7.14. The van der Waals surface area contributed by atoms with E-state index in [4.69, 9.17) is 0 Å². The Morgan fingerprint density at radius 1 is 0.926 bits per heavy atom. The van der Waals surface area contributed by atoms with Crippen LogP contribution in [0.1, 0.15) is 27.0 Å². The van der Waals surface area contributed by atoms with E-state index >= 15 is 0 Å². The molecular formula is C24H23N2O+. The minimum atomic E-state index is 0.132. The van der Waals surface area contributed by atoms with E-state index in [2.05, 4.69) is 58.8 Å². The largest absolute Gasteiger partial charge is 0.339 e. The van der Waals surface area contributed by atoms with Crippen LogP contribution < -0.4 is 4.57 Å². The van der Waals surface area contributed by atoms with Gasteiger partial charge < -0.3 is 4.57 Å². The van der Waals surface area contributed by atoms with Crippen molar-refractivity contribution in [1.82, 2.24) is 4.57 Å². The molecule has 27 heavy (non-hydrogen) atoms. The Morgan fingerprint density at radius 3 is 2.41 bits per heavy atom. The number of benzene rings is 2. The summed E-state index contributed by atoms with van der Waals surface area (Å²) in [6, 6.07) is 20.3. The number of aryl methyl sites for hydroxylation is 2. The molecule has 0 bridgehead atoms. The molecule has 0 spiro atoms. The zero-order valence-corrected chi connectivity index (χ0v) is 15.7. The van der Waals surface area contributed by atoms with E-state index in [-0.39, 0.29) is 5.78 Å². The lowest BCUT2D eigenvalue weighted by Gasteiger charge is -2.07. The molecule has 0 unspecified atom stereocenters. The van der Waals surface area contributed by atoms with Crippen LogP contribution in [0.25, 0.3) is 10.9 Å². The molecule has 4 aromatic rings. The summed E-state index contributed by atoms with van der Waals surface area (Å²) < 4.78 is 4.26. The molecule has 0 fully saturated rings. The van der Waals surface area contributed by atoms with Crippen LogP contribution in [-0.2, 0) is 13.1 Å². The molecule has 2 aromatic carbocycles. The molecule has 2 aromatic heterocycles. The lowest BCUT2D eigenvalue weighted by molar-refractivity contribution is -0.687. The highest BCUT2D eigenvalue weighted by atomic mass is 16.1. The van der Waals surface area contributed by atoms with Gasteiger partial charge in [0, 0.05) is 22.9 Å². The molecule has 0 aliphatic rings. The van der Waals surface area contributed by atoms with Crippen molar-refractivity contribution in [2.45, 2.75) is 26.9 Å². The standard InChI is InChI=1S/C24H23N2O/c1-18-8-10-21(11-9-18)23(27)17-26-13-12-22-16-25(14-19(2)24(22)26)15-20-6-4-3-5-7-20/h3-14,16H,15,17H2,1-2H3/q+1. The summed E-state index contributed by atoms with van der Waals surface area (Å²) in [6.45, 7) is 5.33. The van der Waals surface area contributed by atoms with Crippen molar-refractivity contribution in [3.63, 3.8) is 0 Å². The highest BCUT2D eigenvalue weighted by Crippen LogP contribution is 2.19. The topological polar surface area (TPSA) is 25.9 Å². The Bertz CT molecular complexity index is 1090. The summed E-state index contributed by atoms with van der Waals surface area (Å²) in [4.78, 5) is 12.7. The summed E-state index contributed by atoms with van der Waals surface area (Å²) in [7, 11) is 0. The Balaban J connectivity index is 1.61. The van der Waals surface area contributed by atoms with Gasteiger partial charge in [0.05, 0.1) is 17.4 Å². The Kier molecular flexibility index (Phi) is 4.59. The van der Waals surface area contributed by atoms with Crippen molar-refractivity contribution < 1.29 is 9.36 Å². The molecule has 3 nitrogen and oxygen atoms in total. The maximum atomic E-state index is 12.7. The van der Waals surface area contributed by atoms with E-state index in [9.17, 15) is 4.79 Å². The van der Waals surface area contributed by atoms with Gasteiger partial charge in [-0.1, -0.05) is 60.2 Å². The average molecular weight is 355 g/mol. The normalized spacial score (nSPS) is 11.0. The van der Waals surface area contributed by atoms with Gasteiger partial charge >= 0.3 is 0 Å². The first-order valence-electron chi connectivity index (χ1n) is 9.22. The van der Waals surface area contributed by atoms with Crippen molar-refractivity contribution in [1.29, 1.82) is 0 Å². The molecule has 3 heteroatoms. The minimum absolute atomic E-state index is 0.132. The highest BCUT2D eigenvalue weighted by Gasteiger charge is 2.14. The number of pyridine rings is 1.